The van der Waals surface area contributed by atoms with Crippen LogP contribution < -0.4 is 5.40 Å². The molecule has 0 bridgehead atoms. The molecule has 0 saturated carbocycles. The van der Waals surface area contributed by atoms with Crippen molar-refractivity contribution >= 4 is 21.4 Å². The molecule has 1 rings (SSSR count). The van der Waals surface area contributed by atoms with E-state index < -0.39 is 8.96 Å². The molecule has 1 aliphatic heterocycles. The number of hydrogen-bond donors (Lipinski definition) is 1. The molecule has 0 aromatic carbocycles. The van der Waals surface area contributed by atoms with Crippen LogP contribution in [0.1, 0.15) is 19.3 Å². The zero-order valence-electron chi connectivity index (χ0n) is 5.10. The molecule has 0 amide bonds. The van der Waals surface area contributed by atoms with Crippen LogP contribution in [0, 0.1) is 0 Å². The second-order valence-corrected chi connectivity index (χ2v) is 5.07. The van der Waals surface area contributed by atoms with Crippen LogP contribution in [-0.2, 0) is 0 Å². The maximum Gasteiger partial charge on any atom is 0.106 e. The van der Waals surface area contributed by atoms with Crippen molar-refractivity contribution < 1.29 is 0 Å². The summed E-state index contributed by atoms with van der Waals surface area (Å²) in [5.41, 5.74) is 0. The molecule has 0 spiro atoms. The molecule has 1 saturated heterocycles. The van der Waals surface area contributed by atoms with Gasteiger partial charge in [0, 0.05) is 0 Å². The van der Waals surface area contributed by atoms with Crippen LogP contribution in [0.25, 0.3) is 0 Å². The summed E-state index contributed by atoms with van der Waals surface area (Å²) < 4.78 is 0. The first-order valence-corrected chi connectivity index (χ1v) is 5.45. The van der Waals surface area contributed by atoms with Crippen molar-refractivity contribution in [1.82, 2.24) is 0 Å². The van der Waals surface area contributed by atoms with Gasteiger partial charge in [0.05, 0.1) is 0 Å². The fraction of sp³-hybridized carbons (Fsp3) is 1.00. The molecule has 0 aromatic heterocycles. The molecule has 0 aliphatic carbocycles. The van der Waals surface area contributed by atoms with Crippen LogP contribution in [0.4, 0.5) is 0 Å². The molecule has 0 atom stereocenters. The van der Waals surface area contributed by atoms with E-state index in [9.17, 15) is 0 Å². The van der Waals surface area contributed by atoms with E-state index in [2.05, 4.69) is 0 Å². The average molecular weight is 152 g/mol. The van der Waals surface area contributed by atoms with Crippen LogP contribution in [0.2, 0.25) is 12.1 Å². The molecule has 0 radical (unpaired) electrons. The van der Waals surface area contributed by atoms with Gasteiger partial charge >= 0.3 is 0 Å². The number of nitrogens with two attached hydrogens (primary N) is 1. The molecule has 1 heterocycles. The van der Waals surface area contributed by atoms with Gasteiger partial charge in [0.15, 0.2) is 0 Å². The van der Waals surface area contributed by atoms with Crippen molar-refractivity contribution in [1.29, 1.82) is 0 Å². The number of rotatable bonds is 0. The van der Waals surface area contributed by atoms with Crippen molar-refractivity contribution in [3.8, 4) is 0 Å². The first-order valence-electron chi connectivity index (χ1n) is 3.15. The van der Waals surface area contributed by atoms with Gasteiger partial charge in [-0.2, -0.15) is 0 Å². The van der Waals surface area contributed by atoms with Crippen molar-refractivity contribution in [3.63, 3.8) is 0 Å². The Kier molecular flexibility index (Phi) is 4.61. The predicted octanol–water partition coefficient (Wildman–Crippen LogP) is 1.27. The minimum Gasteiger partial charge on any atom is -0.353 e. The van der Waals surface area contributed by atoms with Gasteiger partial charge < -0.3 is 5.40 Å². The Hall–Kier alpha value is 0.467. The third-order valence-electron chi connectivity index (χ3n) is 1.65. The van der Waals surface area contributed by atoms with Crippen LogP contribution in [-0.4, -0.2) is 8.96 Å². The Morgan fingerprint density at radius 3 is 1.75 bits per heavy atom. The largest absolute Gasteiger partial charge is 0.353 e. The summed E-state index contributed by atoms with van der Waals surface area (Å²) in [6.07, 6.45) is 4.29. The molecule has 1 aliphatic rings. The molecule has 2 N–H and O–H groups in total. The highest BCUT2D eigenvalue weighted by molar-refractivity contribution is 6.55. The van der Waals surface area contributed by atoms with E-state index in [4.69, 9.17) is 5.40 Å². The van der Waals surface area contributed by atoms with Gasteiger partial charge in [-0.1, -0.05) is 19.3 Å². The zero-order valence-corrected chi connectivity index (χ0v) is 7.07. The second-order valence-electron chi connectivity index (χ2n) is 2.40. The molecule has 50 valence electrons. The molecule has 1 fully saturated rings. The molecular formula is C5H14ClNSi. The van der Waals surface area contributed by atoms with E-state index in [0.29, 0.717) is 0 Å². The van der Waals surface area contributed by atoms with E-state index in [1.807, 2.05) is 0 Å². The fourth-order valence-electron chi connectivity index (χ4n) is 1.13. The smallest absolute Gasteiger partial charge is 0.106 e. The normalized spacial score (nSPS) is 22.1. The highest BCUT2D eigenvalue weighted by Gasteiger charge is 2.08. The first kappa shape index (κ1) is 8.47. The summed E-state index contributed by atoms with van der Waals surface area (Å²) in [5, 5.41) is 5.77. The van der Waals surface area contributed by atoms with Crippen molar-refractivity contribution in [3.05, 3.63) is 0 Å². The number of halogens is 1. The van der Waals surface area contributed by atoms with E-state index in [1.165, 1.54) is 31.4 Å². The third-order valence-corrected chi connectivity index (χ3v) is 3.95. The van der Waals surface area contributed by atoms with Crippen LogP contribution in [0.3, 0.4) is 0 Å². The molecule has 8 heavy (non-hydrogen) atoms. The molecule has 0 aromatic rings. The summed E-state index contributed by atoms with van der Waals surface area (Å²) in [6, 6.07) is 2.81. The van der Waals surface area contributed by atoms with E-state index in [1.54, 1.807) is 0 Å². The van der Waals surface area contributed by atoms with Gasteiger partial charge in [-0.05, 0) is 12.1 Å². The van der Waals surface area contributed by atoms with Gasteiger partial charge in [-0.25, -0.2) is 0 Å². The van der Waals surface area contributed by atoms with Gasteiger partial charge in [-0.15, -0.1) is 12.4 Å². The quantitative estimate of drug-likeness (QED) is 0.519. The topological polar surface area (TPSA) is 26.0 Å². The lowest BCUT2D eigenvalue weighted by Gasteiger charge is -2.13. The lowest BCUT2D eigenvalue weighted by molar-refractivity contribution is 0.722. The van der Waals surface area contributed by atoms with E-state index in [-0.39, 0.29) is 12.4 Å². The molecular weight excluding hydrogens is 138 g/mol. The SMILES string of the molecule is Cl.N[SiH]1CCCCC1. The summed E-state index contributed by atoms with van der Waals surface area (Å²) in [6.45, 7) is 0. The Bertz CT molecular complexity index is 54.4. The summed E-state index contributed by atoms with van der Waals surface area (Å²) in [4.78, 5) is 0. The summed E-state index contributed by atoms with van der Waals surface area (Å²) in [7, 11) is -0.595. The fourth-order valence-corrected chi connectivity index (χ4v) is 3.05. The maximum absolute atomic E-state index is 5.77. The first-order chi connectivity index (χ1) is 3.39. The van der Waals surface area contributed by atoms with Crippen LogP contribution >= 0.6 is 12.4 Å². The molecule has 0 unspecified atom stereocenters. The highest BCUT2D eigenvalue weighted by atomic mass is 35.5. The van der Waals surface area contributed by atoms with Crippen LogP contribution in [0.5, 0.6) is 0 Å². The predicted molar refractivity (Wildman–Crippen MR) is 42.0 cm³/mol. The van der Waals surface area contributed by atoms with Gasteiger partial charge in [0.25, 0.3) is 0 Å². The average Bonchev–Trinajstić information content (AvgIpc) is 1.69. The van der Waals surface area contributed by atoms with Gasteiger partial charge in [-0.3, -0.25) is 0 Å². The minimum absolute atomic E-state index is 0. The Morgan fingerprint density at radius 2 is 1.50 bits per heavy atom. The standard InChI is InChI=1S/C5H13NSi.ClH/c6-7-4-2-1-3-5-7;/h7H,1-6H2;1H. The second kappa shape index (κ2) is 4.36. The number of hydrogen-bond acceptors (Lipinski definition) is 1. The van der Waals surface area contributed by atoms with E-state index in [0.717, 1.165) is 0 Å². The van der Waals surface area contributed by atoms with Crippen molar-refractivity contribution in [2.45, 2.75) is 31.4 Å². The highest BCUT2D eigenvalue weighted by Crippen LogP contribution is 2.14. The summed E-state index contributed by atoms with van der Waals surface area (Å²) in [5.74, 6) is 0. The summed E-state index contributed by atoms with van der Waals surface area (Å²) >= 11 is 0. The van der Waals surface area contributed by atoms with Gasteiger partial charge in [0.1, 0.15) is 8.96 Å². The third kappa shape index (κ3) is 2.70. The Balaban J connectivity index is 0.000000490. The van der Waals surface area contributed by atoms with Crippen molar-refractivity contribution in [2.75, 3.05) is 0 Å². The maximum atomic E-state index is 5.77. The monoisotopic (exact) mass is 151 g/mol. The lowest BCUT2D eigenvalue weighted by atomic mass is 10.3. The zero-order chi connectivity index (χ0) is 5.11. The van der Waals surface area contributed by atoms with Crippen molar-refractivity contribution in [2.24, 2.45) is 5.40 Å². The molecule has 1 nitrogen and oxygen atoms in total. The van der Waals surface area contributed by atoms with E-state index >= 15 is 0 Å². The molecule has 3 heteroatoms. The Labute approximate surface area is 58.7 Å². The minimum atomic E-state index is -0.595. The lowest BCUT2D eigenvalue weighted by Crippen LogP contribution is -2.26. The van der Waals surface area contributed by atoms with Gasteiger partial charge in [0.2, 0.25) is 0 Å². The Morgan fingerprint density at radius 1 is 1.00 bits per heavy atom. The van der Waals surface area contributed by atoms with Crippen LogP contribution in [0.15, 0.2) is 0 Å².